The predicted molar refractivity (Wildman–Crippen MR) is 554 cm³/mol. The summed E-state index contributed by atoms with van der Waals surface area (Å²) in [6.45, 7) is 6.11. The molecule has 0 atom stereocenters. The fraction of sp³-hybridized carbons (Fsp3) is 0.0244. The van der Waals surface area contributed by atoms with Crippen molar-refractivity contribution in [2.45, 2.75) is 20.8 Å². The van der Waals surface area contributed by atoms with Crippen molar-refractivity contribution in [3.63, 3.8) is 0 Å². The van der Waals surface area contributed by atoms with Crippen molar-refractivity contribution in [3.8, 4) is 118 Å². The summed E-state index contributed by atoms with van der Waals surface area (Å²) in [7, 11) is 0. The zero-order chi connectivity index (χ0) is 89.6. The van der Waals surface area contributed by atoms with Crippen LogP contribution in [0.25, 0.3) is 202 Å². The summed E-state index contributed by atoms with van der Waals surface area (Å²) in [5, 5.41) is 10.1. The van der Waals surface area contributed by atoms with Crippen LogP contribution in [0, 0.1) is 57.2 Å². The molecular formula is C123H83Ir4N7OS2-6. The van der Waals surface area contributed by atoms with Crippen molar-refractivity contribution in [3.05, 3.63) is 503 Å². The standard InChI is InChI=1S/C36H25N2.2C23H14NS.C18H12NO.C12H10N.C11H8N.4Ir/c1-25-19-20-34(37-24-25)30-13-7-11-28(22-30)26-9-6-10-27(21-26)29-12-8-14-31(23-29)38-35-17-4-2-15-32(35)33-16-3-5-18-36(33)38;2*1-2-13-22-19(9-1)20-11-6-10-18(23(20)25-22)16-7-5-8-17(15-16)21-12-3-4-14-24-21;1-12-9-10-19-16(11-12)15-7-4-6-14-13-5-2-3-8-17(13)20-18(14)15;1-10-6-5-9-12(13-10)11-7-3-2-4-8-11;1-2-6-10(7-3-1)11-8-4-5-9-12-11;;;;/h2-12,14-24H,1H3;2*1-7,9-15H;2-6,8-11H,1H3;2-7,9H,1H3;1-6,8-9H;;;;/q6*-1;;;;. The normalized spacial score (nSPS) is 10.6. The molecule has 137 heavy (non-hydrogen) atoms. The minimum absolute atomic E-state index is 0. The second-order valence-corrected chi connectivity index (χ2v) is 34.1. The molecule has 4 radical (unpaired) electrons. The van der Waals surface area contributed by atoms with Gasteiger partial charge in [0.2, 0.25) is 0 Å². The van der Waals surface area contributed by atoms with Gasteiger partial charge in [-0.25, -0.2) is 0 Å². The third-order valence-electron chi connectivity index (χ3n) is 23.2. The number of hydrogen-bond acceptors (Lipinski definition) is 9. The van der Waals surface area contributed by atoms with Crippen LogP contribution in [0.2, 0.25) is 0 Å². The molecule has 0 aliphatic carbocycles. The van der Waals surface area contributed by atoms with E-state index in [1.807, 2.05) is 230 Å². The Morgan fingerprint density at radius 1 is 0.263 bits per heavy atom. The first-order valence-corrected chi connectivity index (χ1v) is 45.7. The van der Waals surface area contributed by atoms with Crippen molar-refractivity contribution >= 4 is 107 Å². The molecule has 25 aromatic rings. The van der Waals surface area contributed by atoms with Gasteiger partial charge >= 0.3 is 0 Å². The monoisotopic (exact) mass is 2510 g/mol. The molecule has 0 unspecified atom stereocenters. The van der Waals surface area contributed by atoms with Gasteiger partial charge in [0.05, 0.1) is 16.6 Å². The van der Waals surface area contributed by atoms with Crippen LogP contribution in [0.5, 0.6) is 0 Å². The van der Waals surface area contributed by atoms with Crippen LogP contribution < -0.4 is 0 Å². The van der Waals surface area contributed by atoms with E-state index in [4.69, 9.17) is 4.42 Å². The molecule has 14 heteroatoms. The molecule has 10 heterocycles. The Bertz CT molecular complexity index is 8100. The maximum Gasteiger partial charge on any atom is 0.120 e. The zero-order valence-electron chi connectivity index (χ0n) is 74.4. The molecule has 25 rings (SSSR count). The second kappa shape index (κ2) is 45.5. The number of benzene rings is 15. The van der Waals surface area contributed by atoms with E-state index >= 15 is 0 Å². The summed E-state index contributed by atoms with van der Waals surface area (Å²) in [6, 6.07) is 163. The van der Waals surface area contributed by atoms with Crippen LogP contribution in [0.4, 0.5) is 0 Å². The molecule has 0 fully saturated rings. The zero-order valence-corrected chi connectivity index (χ0v) is 85.6. The molecule has 670 valence electrons. The Labute approximate surface area is 859 Å². The van der Waals surface area contributed by atoms with E-state index in [0.29, 0.717) is 0 Å². The first-order valence-electron chi connectivity index (χ1n) is 44.1. The van der Waals surface area contributed by atoms with Crippen LogP contribution in [-0.2, 0) is 80.4 Å². The van der Waals surface area contributed by atoms with Gasteiger partial charge in [0, 0.05) is 179 Å². The Balaban J connectivity index is 0.000000123. The number of rotatable bonds is 11. The molecular weight excluding hydrogens is 2420 g/mol. The number of aryl methyl sites for hydroxylation is 3. The Kier molecular flexibility index (Phi) is 31.8. The topological polar surface area (TPSA) is 95.4 Å². The van der Waals surface area contributed by atoms with E-state index in [1.54, 1.807) is 6.20 Å². The summed E-state index contributed by atoms with van der Waals surface area (Å²) in [5.41, 5.74) is 30.1. The average Bonchev–Trinajstić information content (AvgIpc) is 1.60. The van der Waals surface area contributed by atoms with Crippen LogP contribution in [-0.4, -0.2) is 34.5 Å². The Morgan fingerprint density at radius 3 is 1.23 bits per heavy atom. The number of para-hydroxylation sites is 3. The van der Waals surface area contributed by atoms with Gasteiger partial charge in [-0.15, -0.1) is 208 Å². The number of aromatic nitrogens is 7. The molecule has 0 spiro atoms. The quantitative estimate of drug-likeness (QED) is 0.119. The van der Waals surface area contributed by atoms with Crippen molar-refractivity contribution in [1.82, 2.24) is 34.5 Å². The average molecular weight is 2510 g/mol. The SMILES string of the molecule is Cc1ccc(-c2[c-]ccc(-c3cccc(-c4cccc(-n5c6ccccc6c6ccccc65)c4)c3)c2)nc1.Cc1cccc(-c2[c-]cccc2)n1.Cc1ccnc(-c2[c-]ccc3c2oc2ccccc23)c1.[Ir].[Ir].[Ir].[Ir].[c-]1ccc(-c2cccc3c2sc2ccccc23)cc1-c1ccccn1.[c-]1ccc(-c2cccc3c2sc2ccccc23)cc1-c1ccccn1.[c-]1ccccc1-c1ccccn1. The molecule has 15 aromatic carbocycles. The fourth-order valence-corrected chi connectivity index (χ4v) is 19.2. The van der Waals surface area contributed by atoms with Crippen molar-refractivity contribution < 1.29 is 84.8 Å². The smallest absolute Gasteiger partial charge is 0.120 e. The maximum atomic E-state index is 6.01. The van der Waals surface area contributed by atoms with E-state index in [9.17, 15) is 0 Å². The summed E-state index contributed by atoms with van der Waals surface area (Å²) in [5.74, 6) is 0. The molecule has 0 aliphatic rings. The van der Waals surface area contributed by atoms with E-state index in [0.717, 1.165) is 112 Å². The summed E-state index contributed by atoms with van der Waals surface area (Å²) in [6.07, 6.45) is 9.15. The number of nitrogens with zero attached hydrogens (tertiary/aromatic N) is 7. The number of pyridine rings is 6. The van der Waals surface area contributed by atoms with Crippen molar-refractivity contribution in [2.75, 3.05) is 0 Å². The van der Waals surface area contributed by atoms with Crippen molar-refractivity contribution in [1.29, 1.82) is 0 Å². The second-order valence-electron chi connectivity index (χ2n) is 32.0. The minimum Gasteiger partial charge on any atom is -0.501 e. The van der Waals surface area contributed by atoms with Gasteiger partial charge < -0.3 is 38.9 Å². The van der Waals surface area contributed by atoms with Gasteiger partial charge in [-0.3, -0.25) is 0 Å². The Hall–Kier alpha value is -14.2. The first-order chi connectivity index (χ1) is 65.7. The molecule has 0 aliphatic heterocycles. The van der Waals surface area contributed by atoms with Crippen molar-refractivity contribution in [2.24, 2.45) is 0 Å². The summed E-state index contributed by atoms with van der Waals surface area (Å²) in [4.78, 5) is 26.6. The van der Waals surface area contributed by atoms with Crippen LogP contribution >= 0.6 is 22.7 Å². The number of thiophene rings is 2. The van der Waals surface area contributed by atoms with E-state index in [2.05, 4.69) is 327 Å². The number of fused-ring (bicyclic) bond motifs is 12. The van der Waals surface area contributed by atoms with E-state index < -0.39 is 0 Å². The van der Waals surface area contributed by atoms with E-state index in [-0.39, 0.29) is 80.4 Å². The van der Waals surface area contributed by atoms with Gasteiger partial charge in [0.25, 0.3) is 0 Å². The molecule has 0 saturated heterocycles. The van der Waals surface area contributed by atoms with Gasteiger partial charge in [-0.1, -0.05) is 252 Å². The third kappa shape index (κ3) is 21.9. The summed E-state index contributed by atoms with van der Waals surface area (Å²) < 4.78 is 13.7. The maximum absolute atomic E-state index is 6.01. The predicted octanol–water partition coefficient (Wildman–Crippen LogP) is 32.6. The number of hydrogen-bond donors (Lipinski definition) is 0. The fourth-order valence-electron chi connectivity index (χ4n) is 16.8. The van der Waals surface area contributed by atoms with Gasteiger partial charge in [0.15, 0.2) is 0 Å². The molecule has 0 saturated carbocycles. The molecule has 10 aromatic heterocycles. The Morgan fingerprint density at radius 2 is 0.693 bits per heavy atom. The van der Waals surface area contributed by atoms with E-state index in [1.165, 1.54) is 107 Å². The minimum atomic E-state index is 0. The van der Waals surface area contributed by atoms with Crippen LogP contribution in [0.15, 0.2) is 454 Å². The third-order valence-corrected chi connectivity index (χ3v) is 25.6. The molecule has 8 nitrogen and oxygen atoms in total. The largest absolute Gasteiger partial charge is 0.501 e. The van der Waals surface area contributed by atoms with Gasteiger partial charge in [-0.2, -0.15) is 0 Å². The molecule has 0 N–H and O–H groups in total. The van der Waals surface area contributed by atoms with Crippen LogP contribution in [0.3, 0.4) is 0 Å². The van der Waals surface area contributed by atoms with Gasteiger partial charge in [0.1, 0.15) is 5.58 Å². The summed E-state index contributed by atoms with van der Waals surface area (Å²) >= 11 is 3.72. The first kappa shape index (κ1) is 96.0. The van der Waals surface area contributed by atoms with Gasteiger partial charge in [-0.05, 0) is 167 Å². The molecule has 0 amide bonds. The molecule has 0 bridgehead atoms. The number of furan rings is 1. The van der Waals surface area contributed by atoms with Crippen LogP contribution in [0.1, 0.15) is 16.8 Å².